The van der Waals surface area contributed by atoms with Gasteiger partial charge in [-0.15, -0.1) is 11.8 Å². The molecule has 0 saturated heterocycles. The highest BCUT2D eigenvalue weighted by Crippen LogP contribution is 2.37. The lowest BCUT2D eigenvalue weighted by Crippen LogP contribution is -1.98. The Morgan fingerprint density at radius 2 is 1.40 bits per heavy atom. The third kappa shape index (κ3) is 5.02. The van der Waals surface area contributed by atoms with Crippen LogP contribution in [0.2, 0.25) is 0 Å². The summed E-state index contributed by atoms with van der Waals surface area (Å²) in [7, 11) is 0. The van der Waals surface area contributed by atoms with Gasteiger partial charge in [-0.05, 0) is 53.7 Å². The minimum atomic E-state index is -4.24. The molecule has 0 aliphatic rings. The molecule has 0 saturated carbocycles. The molecule has 0 aromatic heterocycles. The Labute approximate surface area is 123 Å². The fourth-order valence-electron chi connectivity index (χ4n) is 1.52. The van der Waals surface area contributed by atoms with Crippen LogP contribution < -0.4 is 5.73 Å². The van der Waals surface area contributed by atoms with Gasteiger partial charge in [0.05, 0.1) is 0 Å². The molecular weight excluding hydrogens is 303 g/mol. The van der Waals surface area contributed by atoms with Crippen LogP contribution in [0.25, 0.3) is 0 Å². The number of hydrogen-bond acceptors (Lipinski definition) is 3. The van der Waals surface area contributed by atoms with Crippen molar-refractivity contribution in [3.05, 3.63) is 54.1 Å². The van der Waals surface area contributed by atoms with E-state index in [0.717, 1.165) is 10.5 Å². The van der Waals surface area contributed by atoms with Gasteiger partial charge < -0.3 is 5.73 Å². The Balaban J connectivity index is 1.92. The third-order valence-corrected chi connectivity index (χ3v) is 4.27. The van der Waals surface area contributed by atoms with Crippen molar-refractivity contribution in [2.75, 3.05) is 5.73 Å². The zero-order valence-electron chi connectivity index (χ0n) is 10.4. The van der Waals surface area contributed by atoms with E-state index in [1.807, 2.05) is 24.3 Å². The number of thioether (sulfide) groups is 2. The molecule has 2 aromatic rings. The lowest BCUT2D eigenvalue weighted by molar-refractivity contribution is -0.0328. The molecule has 0 amide bonds. The topological polar surface area (TPSA) is 26.0 Å². The minimum absolute atomic E-state index is 0.0952. The predicted octanol–water partition coefficient (Wildman–Crippen LogP) is 5.17. The molecule has 0 aliphatic carbocycles. The second-order valence-electron chi connectivity index (χ2n) is 4.05. The van der Waals surface area contributed by atoms with Crippen molar-refractivity contribution < 1.29 is 13.2 Å². The highest BCUT2D eigenvalue weighted by molar-refractivity contribution is 8.00. The van der Waals surface area contributed by atoms with Crippen molar-refractivity contribution in [1.82, 2.24) is 0 Å². The Morgan fingerprint density at radius 3 is 1.95 bits per heavy atom. The Kier molecular flexibility index (Phi) is 4.88. The molecule has 20 heavy (non-hydrogen) atoms. The number of nitrogen functional groups attached to an aromatic ring is 1. The second-order valence-corrected chi connectivity index (χ2v) is 6.24. The van der Waals surface area contributed by atoms with Crippen molar-refractivity contribution >= 4 is 29.2 Å². The van der Waals surface area contributed by atoms with Crippen LogP contribution in [0.3, 0.4) is 0 Å². The SMILES string of the molecule is Nc1ccc(SCc2ccc(SC(F)(F)F)cc2)cc1. The van der Waals surface area contributed by atoms with Gasteiger partial charge in [0.1, 0.15) is 0 Å². The molecule has 6 heteroatoms. The number of benzene rings is 2. The number of alkyl halides is 3. The molecule has 0 radical (unpaired) electrons. The summed E-state index contributed by atoms with van der Waals surface area (Å²) in [5.74, 6) is 0.709. The molecule has 0 unspecified atom stereocenters. The van der Waals surface area contributed by atoms with E-state index < -0.39 is 5.51 Å². The molecule has 1 nitrogen and oxygen atoms in total. The Bertz CT molecular complexity index is 550. The summed E-state index contributed by atoms with van der Waals surface area (Å²) in [6, 6.07) is 13.9. The van der Waals surface area contributed by atoms with E-state index in [2.05, 4.69) is 0 Å². The summed E-state index contributed by atoms with van der Waals surface area (Å²) in [5.41, 5.74) is 3.06. The average molecular weight is 315 g/mol. The summed E-state index contributed by atoms with van der Waals surface area (Å²) in [5, 5.41) is 0. The van der Waals surface area contributed by atoms with E-state index >= 15 is 0 Å². The third-order valence-electron chi connectivity index (χ3n) is 2.44. The van der Waals surface area contributed by atoms with E-state index in [1.54, 1.807) is 23.9 Å². The quantitative estimate of drug-likeness (QED) is 0.622. The predicted molar refractivity (Wildman–Crippen MR) is 78.8 cm³/mol. The molecule has 2 aromatic carbocycles. The van der Waals surface area contributed by atoms with Crippen LogP contribution in [0.4, 0.5) is 18.9 Å². The summed E-state index contributed by atoms with van der Waals surface area (Å²) in [6.45, 7) is 0. The molecule has 106 valence electrons. The highest BCUT2D eigenvalue weighted by atomic mass is 32.2. The van der Waals surface area contributed by atoms with Gasteiger partial charge in [-0.25, -0.2) is 0 Å². The zero-order chi connectivity index (χ0) is 14.6. The summed E-state index contributed by atoms with van der Waals surface area (Å²) >= 11 is 1.52. The van der Waals surface area contributed by atoms with E-state index in [1.165, 1.54) is 12.1 Å². The molecule has 0 bridgehead atoms. The van der Waals surface area contributed by atoms with Gasteiger partial charge in [0.15, 0.2) is 0 Å². The van der Waals surface area contributed by atoms with Crippen LogP contribution in [0.5, 0.6) is 0 Å². The van der Waals surface area contributed by atoms with Gasteiger partial charge in [0, 0.05) is 21.2 Å². The molecule has 2 N–H and O–H groups in total. The maximum absolute atomic E-state index is 12.2. The maximum atomic E-state index is 12.2. The van der Waals surface area contributed by atoms with Gasteiger partial charge in [0.2, 0.25) is 0 Å². The number of halogens is 3. The van der Waals surface area contributed by atoms with Crippen LogP contribution in [0, 0.1) is 0 Å². The number of hydrogen-bond donors (Lipinski definition) is 1. The summed E-state index contributed by atoms with van der Waals surface area (Å²) in [6.07, 6.45) is 0. The van der Waals surface area contributed by atoms with Gasteiger partial charge >= 0.3 is 5.51 Å². The van der Waals surface area contributed by atoms with Gasteiger partial charge in [-0.2, -0.15) is 13.2 Å². The van der Waals surface area contributed by atoms with Crippen LogP contribution in [0.1, 0.15) is 5.56 Å². The fraction of sp³-hybridized carbons (Fsp3) is 0.143. The Hall–Kier alpha value is -1.27. The van der Waals surface area contributed by atoms with Crippen LogP contribution in [-0.4, -0.2) is 5.51 Å². The van der Waals surface area contributed by atoms with E-state index in [4.69, 9.17) is 5.73 Å². The molecule has 0 aliphatic heterocycles. The van der Waals surface area contributed by atoms with Crippen molar-refractivity contribution in [2.45, 2.75) is 21.1 Å². The highest BCUT2D eigenvalue weighted by Gasteiger charge is 2.28. The van der Waals surface area contributed by atoms with Crippen molar-refractivity contribution in [3.8, 4) is 0 Å². The molecule has 0 heterocycles. The lowest BCUT2D eigenvalue weighted by atomic mass is 10.2. The average Bonchev–Trinajstić information content (AvgIpc) is 2.38. The van der Waals surface area contributed by atoms with E-state index in [0.29, 0.717) is 11.4 Å². The summed E-state index contributed by atoms with van der Waals surface area (Å²) in [4.78, 5) is 1.28. The smallest absolute Gasteiger partial charge is 0.399 e. The Morgan fingerprint density at radius 1 is 0.850 bits per heavy atom. The van der Waals surface area contributed by atoms with Gasteiger partial charge in [0.25, 0.3) is 0 Å². The first-order valence-corrected chi connectivity index (χ1v) is 7.56. The first-order valence-electron chi connectivity index (χ1n) is 5.75. The lowest BCUT2D eigenvalue weighted by Gasteiger charge is -2.07. The minimum Gasteiger partial charge on any atom is -0.399 e. The zero-order valence-corrected chi connectivity index (χ0v) is 12.0. The summed E-state index contributed by atoms with van der Waals surface area (Å²) < 4.78 is 36.6. The normalized spacial score (nSPS) is 11.6. The van der Waals surface area contributed by atoms with Crippen LogP contribution >= 0.6 is 23.5 Å². The molecule has 0 spiro atoms. The van der Waals surface area contributed by atoms with E-state index in [9.17, 15) is 13.2 Å². The van der Waals surface area contributed by atoms with Crippen molar-refractivity contribution in [3.63, 3.8) is 0 Å². The maximum Gasteiger partial charge on any atom is 0.446 e. The van der Waals surface area contributed by atoms with E-state index in [-0.39, 0.29) is 16.7 Å². The van der Waals surface area contributed by atoms with Crippen LogP contribution in [0.15, 0.2) is 58.3 Å². The first-order chi connectivity index (χ1) is 9.42. The monoisotopic (exact) mass is 315 g/mol. The number of nitrogens with two attached hydrogens (primary N) is 1. The number of anilines is 1. The van der Waals surface area contributed by atoms with Crippen molar-refractivity contribution in [1.29, 1.82) is 0 Å². The molecule has 0 fully saturated rings. The molecule has 0 atom stereocenters. The number of rotatable bonds is 4. The largest absolute Gasteiger partial charge is 0.446 e. The second kappa shape index (κ2) is 6.45. The molecule has 2 rings (SSSR count). The van der Waals surface area contributed by atoms with Gasteiger partial charge in [-0.1, -0.05) is 12.1 Å². The van der Waals surface area contributed by atoms with Gasteiger partial charge in [-0.3, -0.25) is 0 Å². The first kappa shape index (κ1) is 15.1. The standard InChI is InChI=1S/C14H12F3NS2/c15-14(16,17)20-13-5-1-10(2-6-13)9-19-12-7-3-11(18)4-8-12/h1-8H,9,18H2. The molecular formula is C14H12F3NS2. The fourth-order valence-corrected chi connectivity index (χ4v) is 2.91. The van der Waals surface area contributed by atoms with Crippen LogP contribution in [-0.2, 0) is 5.75 Å². The van der Waals surface area contributed by atoms with Crippen molar-refractivity contribution in [2.24, 2.45) is 0 Å².